The second kappa shape index (κ2) is 6.46. The Morgan fingerprint density at radius 3 is 2.50 bits per heavy atom. The molecule has 1 heterocycles. The summed E-state index contributed by atoms with van der Waals surface area (Å²) >= 11 is 0. The van der Waals surface area contributed by atoms with Crippen LogP contribution in [0, 0.1) is 5.92 Å². The van der Waals surface area contributed by atoms with Crippen molar-refractivity contribution in [3.63, 3.8) is 0 Å². The molecule has 2 fully saturated rings. The van der Waals surface area contributed by atoms with Gasteiger partial charge in [0.1, 0.15) is 6.04 Å². The molecule has 0 aromatic rings. The summed E-state index contributed by atoms with van der Waals surface area (Å²) in [7, 11) is 0. The molecule has 2 rings (SSSR count). The van der Waals surface area contributed by atoms with Gasteiger partial charge in [-0.05, 0) is 44.4 Å². The number of nitrogens with zero attached hydrogens (tertiary/aromatic N) is 2. The van der Waals surface area contributed by atoms with Crippen molar-refractivity contribution in [2.24, 2.45) is 5.92 Å². The first kappa shape index (κ1) is 15.1. The summed E-state index contributed by atoms with van der Waals surface area (Å²) in [5.41, 5.74) is 0. The fourth-order valence-corrected chi connectivity index (χ4v) is 2.80. The zero-order chi connectivity index (χ0) is 14.7. The average Bonchev–Trinajstić information content (AvgIpc) is 3.23. The van der Waals surface area contributed by atoms with Gasteiger partial charge in [0, 0.05) is 19.1 Å². The predicted octanol–water partition coefficient (Wildman–Crippen LogP) is 2.56. The van der Waals surface area contributed by atoms with Gasteiger partial charge in [0.15, 0.2) is 0 Å². The molecular weight excluding hydrogens is 256 g/mol. The fourth-order valence-electron chi connectivity index (χ4n) is 2.80. The van der Waals surface area contributed by atoms with E-state index < -0.39 is 12.0 Å². The van der Waals surface area contributed by atoms with Crippen molar-refractivity contribution < 1.29 is 14.7 Å². The predicted molar refractivity (Wildman–Crippen MR) is 76.6 cm³/mol. The van der Waals surface area contributed by atoms with Gasteiger partial charge >= 0.3 is 12.0 Å². The average molecular weight is 282 g/mol. The van der Waals surface area contributed by atoms with Crippen LogP contribution >= 0.6 is 0 Å². The van der Waals surface area contributed by atoms with Gasteiger partial charge in [-0.3, -0.25) is 0 Å². The van der Waals surface area contributed by atoms with E-state index in [1.54, 1.807) is 4.90 Å². The van der Waals surface area contributed by atoms with Gasteiger partial charge in [-0.1, -0.05) is 13.8 Å². The van der Waals surface area contributed by atoms with Gasteiger partial charge < -0.3 is 14.9 Å². The number of carboxylic acid groups (broad SMARTS) is 1. The lowest BCUT2D eigenvalue weighted by Crippen LogP contribution is -2.54. The first-order valence-corrected chi connectivity index (χ1v) is 7.80. The number of carbonyl (C=O) groups is 2. The van der Waals surface area contributed by atoms with Crippen molar-refractivity contribution in [1.82, 2.24) is 9.80 Å². The van der Waals surface area contributed by atoms with Gasteiger partial charge in [0.05, 0.1) is 0 Å². The van der Waals surface area contributed by atoms with Crippen molar-refractivity contribution in [2.75, 3.05) is 13.1 Å². The van der Waals surface area contributed by atoms with Crippen LogP contribution in [0.2, 0.25) is 0 Å². The normalized spacial score (nSPS) is 22.9. The summed E-state index contributed by atoms with van der Waals surface area (Å²) in [5, 5.41) is 9.30. The number of urea groups is 1. The first-order chi connectivity index (χ1) is 9.50. The molecular formula is C15H26N2O3. The lowest BCUT2D eigenvalue weighted by atomic mass is 10.0. The quantitative estimate of drug-likeness (QED) is 0.843. The summed E-state index contributed by atoms with van der Waals surface area (Å²) in [6.45, 7) is 5.64. The molecule has 5 nitrogen and oxygen atoms in total. The SMILES string of the molecule is CC(C)CCN(C(=O)N1CCCCC1C(=O)O)C1CC1. The molecule has 0 aromatic carbocycles. The summed E-state index contributed by atoms with van der Waals surface area (Å²) in [6.07, 6.45) is 5.51. The van der Waals surface area contributed by atoms with Crippen molar-refractivity contribution in [3.8, 4) is 0 Å². The van der Waals surface area contributed by atoms with E-state index in [1.807, 2.05) is 4.90 Å². The van der Waals surface area contributed by atoms with E-state index in [4.69, 9.17) is 0 Å². The van der Waals surface area contributed by atoms with E-state index in [0.29, 0.717) is 24.9 Å². The lowest BCUT2D eigenvalue weighted by molar-refractivity contribution is -0.143. The molecule has 1 aliphatic heterocycles. The molecule has 0 bridgehead atoms. The second-order valence-corrected chi connectivity index (χ2v) is 6.43. The van der Waals surface area contributed by atoms with Crippen LogP contribution in [0.4, 0.5) is 4.79 Å². The van der Waals surface area contributed by atoms with Gasteiger partial charge in [0.25, 0.3) is 0 Å². The Labute approximate surface area is 120 Å². The number of rotatable bonds is 5. The minimum atomic E-state index is -0.863. The number of likely N-dealkylation sites (tertiary alicyclic amines) is 1. The summed E-state index contributed by atoms with van der Waals surface area (Å²) in [6, 6.07) is -0.338. The number of aliphatic carboxylic acids is 1. The Kier molecular flexibility index (Phi) is 4.89. The maximum Gasteiger partial charge on any atom is 0.326 e. The summed E-state index contributed by atoms with van der Waals surface area (Å²) < 4.78 is 0. The number of amides is 2. The Morgan fingerprint density at radius 2 is 1.95 bits per heavy atom. The van der Waals surface area contributed by atoms with E-state index in [9.17, 15) is 14.7 Å². The Bertz CT molecular complexity index is 366. The van der Waals surface area contributed by atoms with Crippen LogP contribution in [0.5, 0.6) is 0 Å². The Morgan fingerprint density at radius 1 is 1.25 bits per heavy atom. The van der Waals surface area contributed by atoms with Crippen LogP contribution in [0.3, 0.4) is 0 Å². The highest BCUT2D eigenvalue weighted by atomic mass is 16.4. The standard InChI is InChI=1S/C15H26N2O3/c1-11(2)8-10-16(12-6-7-12)15(20)17-9-4-3-5-13(17)14(18)19/h11-13H,3-10H2,1-2H3,(H,18,19). The van der Waals surface area contributed by atoms with Gasteiger partial charge in [-0.15, -0.1) is 0 Å². The monoisotopic (exact) mass is 282 g/mol. The molecule has 1 N–H and O–H groups in total. The van der Waals surface area contributed by atoms with Crippen molar-refractivity contribution in [2.45, 2.75) is 64.5 Å². The smallest absolute Gasteiger partial charge is 0.326 e. The maximum absolute atomic E-state index is 12.7. The summed E-state index contributed by atoms with van der Waals surface area (Å²) in [4.78, 5) is 27.5. The minimum absolute atomic E-state index is 0.0553. The third-order valence-corrected chi connectivity index (χ3v) is 4.21. The number of piperidine rings is 1. The lowest BCUT2D eigenvalue weighted by Gasteiger charge is -2.37. The molecule has 0 spiro atoms. The van der Waals surface area contributed by atoms with Crippen LogP contribution in [-0.2, 0) is 4.79 Å². The van der Waals surface area contributed by atoms with Gasteiger partial charge in [0.2, 0.25) is 0 Å². The van der Waals surface area contributed by atoms with E-state index >= 15 is 0 Å². The molecule has 1 atom stereocenters. The van der Waals surface area contributed by atoms with Crippen molar-refractivity contribution in [1.29, 1.82) is 0 Å². The van der Waals surface area contributed by atoms with Crippen LogP contribution in [-0.4, -0.2) is 52.1 Å². The highest BCUT2D eigenvalue weighted by Gasteiger charge is 2.39. The van der Waals surface area contributed by atoms with Crippen LogP contribution in [0.25, 0.3) is 0 Å². The highest BCUT2D eigenvalue weighted by Crippen LogP contribution is 2.30. The van der Waals surface area contributed by atoms with Gasteiger partial charge in [-0.25, -0.2) is 9.59 Å². The number of carbonyl (C=O) groups excluding carboxylic acids is 1. The Hall–Kier alpha value is -1.26. The molecule has 1 saturated carbocycles. The zero-order valence-electron chi connectivity index (χ0n) is 12.5. The van der Waals surface area contributed by atoms with Gasteiger partial charge in [-0.2, -0.15) is 0 Å². The van der Waals surface area contributed by atoms with E-state index in [2.05, 4.69) is 13.8 Å². The third kappa shape index (κ3) is 3.64. The minimum Gasteiger partial charge on any atom is -0.480 e. The maximum atomic E-state index is 12.7. The van der Waals surface area contributed by atoms with E-state index in [-0.39, 0.29) is 6.03 Å². The molecule has 114 valence electrons. The van der Waals surface area contributed by atoms with Crippen LogP contribution in [0.15, 0.2) is 0 Å². The first-order valence-electron chi connectivity index (χ1n) is 7.80. The molecule has 2 amide bonds. The van der Waals surface area contributed by atoms with Crippen LogP contribution in [0.1, 0.15) is 52.4 Å². The van der Waals surface area contributed by atoms with Crippen molar-refractivity contribution >= 4 is 12.0 Å². The van der Waals surface area contributed by atoms with Crippen molar-refractivity contribution in [3.05, 3.63) is 0 Å². The molecule has 2 aliphatic rings. The second-order valence-electron chi connectivity index (χ2n) is 6.43. The number of hydrogen-bond acceptors (Lipinski definition) is 2. The third-order valence-electron chi connectivity index (χ3n) is 4.21. The topological polar surface area (TPSA) is 60.9 Å². The molecule has 1 aliphatic carbocycles. The zero-order valence-corrected chi connectivity index (χ0v) is 12.5. The molecule has 1 unspecified atom stereocenters. The highest BCUT2D eigenvalue weighted by molar-refractivity contribution is 5.83. The molecule has 0 aromatic heterocycles. The molecule has 20 heavy (non-hydrogen) atoms. The van der Waals surface area contributed by atoms with E-state index in [1.165, 1.54) is 0 Å². The Balaban J connectivity index is 2.03. The number of hydrogen-bond donors (Lipinski definition) is 1. The van der Waals surface area contributed by atoms with E-state index in [0.717, 1.165) is 38.6 Å². The van der Waals surface area contributed by atoms with Crippen LogP contribution < -0.4 is 0 Å². The number of carboxylic acids is 1. The molecule has 5 heteroatoms. The summed E-state index contributed by atoms with van der Waals surface area (Å²) in [5.74, 6) is -0.307. The largest absolute Gasteiger partial charge is 0.480 e. The molecule has 1 saturated heterocycles. The molecule has 0 radical (unpaired) electrons. The fraction of sp³-hybridized carbons (Fsp3) is 0.867.